The van der Waals surface area contributed by atoms with E-state index in [9.17, 15) is 26.9 Å². The Morgan fingerprint density at radius 2 is 1.70 bits per heavy atom. The van der Waals surface area contributed by atoms with Crippen LogP contribution in [-0.4, -0.2) is 27.5 Å². The number of nitrogens with one attached hydrogen (secondary N) is 2. The fourth-order valence-electron chi connectivity index (χ4n) is 2.74. The van der Waals surface area contributed by atoms with Crippen LogP contribution in [0.3, 0.4) is 0 Å². The number of nitrogens with zero attached hydrogens (tertiary/aromatic N) is 2. The highest BCUT2D eigenvalue weighted by Gasteiger charge is 2.20. The summed E-state index contributed by atoms with van der Waals surface area (Å²) in [6, 6.07) is 12.5. The smallest absolute Gasteiger partial charge is 0.276 e. The number of furan rings is 1. The summed E-state index contributed by atoms with van der Waals surface area (Å²) in [7, 11) is -7.93. The molecule has 0 aliphatic carbocycles. The van der Waals surface area contributed by atoms with Gasteiger partial charge in [0.2, 0.25) is 10.0 Å². The molecule has 0 unspecified atom stereocenters. The molecule has 0 saturated heterocycles. The van der Waals surface area contributed by atoms with Crippen molar-refractivity contribution in [2.24, 2.45) is 5.10 Å². The van der Waals surface area contributed by atoms with Gasteiger partial charge in [0.1, 0.15) is 5.76 Å². The Morgan fingerprint density at radius 1 is 1.03 bits per heavy atom. The summed E-state index contributed by atoms with van der Waals surface area (Å²) >= 11 is 0. The summed E-state index contributed by atoms with van der Waals surface area (Å²) in [5.41, 5.74) is 0.730. The van der Waals surface area contributed by atoms with Crippen LogP contribution in [0, 0.1) is 17.0 Å². The fourth-order valence-corrected chi connectivity index (χ4v) is 4.61. The number of benzene rings is 2. The van der Waals surface area contributed by atoms with Crippen molar-refractivity contribution in [2.75, 3.05) is 0 Å². The van der Waals surface area contributed by atoms with Crippen molar-refractivity contribution in [3.63, 3.8) is 0 Å². The lowest BCUT2D eigenvalue weighted by Gasteiger charge is -2.08. The highest BCUT2D eigenvalue weighted by atomic mass is 32.2. The third kappa shape index (κ3) is 5.83. The molecule has 11 nitrogen and oxygen atoms in total. The van der Waals surface area contributed by atoms with Gasteiger partial charge in [-0.15, -0.1) is 0 Å². The maximum absolute atomic E-state index is 12.5. The second-order valence-electron chi connectivity index (χ2n) is 6.93. The third-order valence-electron chi connectivity index (χ3n) is 4.62. The van der Waals surface area contributed by atoms with E-state index in [-0.39, 0.29) is 27.7 Å². The monoisotopic (exact) mass is 492 g/mol. The second-order valence-corrected chi connectivity index (χ2v) is 10.4. The van der Waals surface area contributed by atoms with Gasteiger partial charge in [0.05, 0.1) is 33.2 Å². The van der Waals surface area contributed by atoms with Crippen molar-refractivity contribution in [1.82, 2.24) is 9.55 Å². The molecule has 174 valence electrons. The Balaban J connectivity index is 1.73. The van der Waals surface area contributed by atoms with Crippen LogP contribution in [-0.2, 0) is 26.6 Å². The van der Waals surface area contributed by atoms with Gasteiger partial charge in [-0.1, -0.05) is 18.2 Å². The van der Waals surface area contributed by atoms with Gasteiger partial charge in [-0.2, -0.15) is 18.4 Å². The first-order valence-electron chi connectivity index (χ1n) is 9.43. The molecule has 0 saturated carbocycles. The lowest BCUT2D eigenvalue weighted by Crippen LogP contribution is -2.23. The molecule has 0 spiro atoms. The van der Waals surface area contributed by atoms with Crippen molar-refractivity contribution in [1.29, 1.82) is 0 Å². The van der Waals surface area contributed by atoms with E-state index in [2.05, 4.69) is 9.82 Å². The number of aryl methyl sites for hydroxylation is 1. The topological polar surface area (TPSA) is 161 Å². The Hall–Kier alpha value is -3.55. The first-order valence-corrected chi connectivity index (χ1v) is 12.4. The van der Waals surface area contributed by atoms with Crippen LogP contribution in [0.15, 0.2) is 80.2 Å². The van der Waals surface area contributed by atoms with Crippen LogP contribution < -0.4 is 9.55 Å². The third-order valence-corrected chi connectivity index (χ3v) is 7.24. The van der Waals surface area contributed by atoms with Crippen molar-refractivity contribution in [3.05, 3.63) is 87.9 Å². The molecular formula is C20H20N4O7S2. The normalized spacial score (nSPS) is 12.5. The van der Waals surface area contributed by atoms with Crippen LogP contribution in [0.2, 0.25) is 0 Å². The molecule has 0 atom stereocenters. The van der Waals surface area contributed by atoms with Crippen LogP contribution in [0.4, 0.5) is 5.69 Å². The lowest BCUT2D eigenvalue weighted by atomic mass is 10.1. The van der Waals surface area contributed by atoms with Gasteiger partial charge in [0.15, 0.2) is 0 Å². The zero-order valence-corrected chi connectivity index (χ0v) is 19.2. The predicted molar refractivity (Wildman–Crippen MR) is 120 cm³/mol. The molecule has 3 rings (SSSR count). The molecule has 0 bridgehead atoms. The first kappa shape index (κ1) is 24.1. The van der Waals surface area contributed by atoms with Crippen LogP contribution >= 0.6 is 0 Å². The zero-order valence-electron chi connectivity index (χ0n) is 17.5. The number of hydrazone groups is 1. The van der Waals surface area contributed by atoms with Gasteiger partial charge < -0.3 is 4.42 Å². The summed E-state index contributed by atoms with van der Waals surface area (Å²) in [6.45, 7) is 3.02. The van der Waals surface area contributed by atoms with E-state index in [0.29, 0.717) is 16.9 Å². The molecule has 2 aromatic carbocycles. The second kappa shape index (κ2) is 9.52. The van der Waals surface area contributed by atoms with Crippen LogP contribution in [0.1, 0.15) is 23.8 Å². The van der Waals surface area contributed by atoms with Gasteiger partial charge >= 0.3 is 0 Å². The molecule has 33 heavy (non-hydrogen) atoms. The van der Waals surface area contributed by atoms with Gasteiger partial charge in [-0.05, 0) is 49.7 Å². The van der Waals surface area contributed by atoms with Crippen LogP contribution in [0.25, 0.3) is 0 Å². The Morgan fingerprint density at radius 3 is 2.30 bits per heavy atom. The van der Waals surface area contributed by atoms with Crippen molar-refractivity contribution in [2.45, 2.75) is 30.2 Å². The number of nitro groups is 1. The lowest BCUT2D eigenvalue weighted by molar-refractivity contribution is -0.385. The summed E-state index contributed by atoms with van der Waals surface area (Å²) in [5.74, 6) is 0.462. The summed E-state index contributed by atoms with van der Waals surface area (Å²) in [5, 5.41) is 14.9. The van der Waals surface area contributed by atoms with Gasteiger partial charge in [-0.25, -0.2) is 13.1 Å². The minimum Gasteiger partial charge on any atom is -0.468 e. The summed E-state index contributed by atoms with van der Waals surface area (Å²) in [6.07, 6.45) is 1.44. The van der Waals surface area contributed by atoms with Gasteiger partial charge in [0, 0.05) is 11.6 Å². The maximum atomic E-state index is 12.5. The summed E-state index contributed by atoms with van der Waals surface area (Å²) in [4.78, 5) is 12.1. The molecule has 0 radical (unpaired) electrons. The van der Waals surface area contributed by atoms with Gasteiger partial charge in [-0.3, -0.25) is 10.1 Å². The molecule has 0 fully saturated rings. The van der Waals surface area contributed by atoms with E-state index >= 15 is 0 Å². The number of rotatable bonds is 9. The predicted octanol–water partition coefficient (Wildman–Crippen LogP) is 2.68. The minimum atomic E-state index is -4.15. The van der Waals surface area contributed by atoms with E-state index in [0.717, 1.165) is 6.07 Å². The highest BCUT2D eigenvalue weighted by molar-refractivity contribution is 7.89. The summed E-state index contributed by atoms with van der Waals surface area (Å²) < 4.78 is 57.3. The standard InChI is InChI=1S/C20H20N4O7S2/c1-14-5-8-19(12-20(14)24(25)26)33(29,30)23-22-15(2)16-6-9-18(10-7-16)32(27,28)21-13-17-4-3-11-31-17/h3-12,21,23H,13H2,1-2H3/b22-15-. The maximum Gasteiger partial charge on any atom is 0.276 e. The van der Waals surface area contributed by atoms with Crippen LogP contribution in [0.5, 0.6) is 0 Å². The quantitative estimate of drug-likeness (QED) is 0.264. The Bertz CT molecular complexity index is 1400. The molecular weight excluding hydrogens is 472 g/mol. The molecule has 1 aromatic heterocycles. The first-order chi connectivity index (χ1) is 15.5. The molecule has 3 aromatic rings. The highest BCUT2D eigenvalue weighted by Crippen LogP contribution is 2.22. The van der Waals surface area contributed by atoms with E-state index in [1.807, 2.05) is 4.83 Å². The number of hydrogen-bond donors (Lipinski definition) is 2. The van der Waals surface area contributed by atoms with E-state index in [1.165, 1.54) is 56.5 Å². The average molecular weight is 493 g/mol. The minimum absolute atomic E-state index is 0.00345. The van der Waals surface area contributed by atoms with Crippen molar-refractivity contribution in [3.8, 4) is 0 Å². The fraction of sp³-hybridized carbons (Fsp3) is 0.150. The Labute approximate surface area is 190 Å². The van der Waals surface area contributed by atoms with Gasteiger partial charge in [0.25, 0.3) is 15.7 Å². The SMILES string of the molecule is C/C(=N/NS(=O)(=O)c1ccc(C)c([N+](=O)[O-])c1)c1ccc(S(=O)(=O)NCc2ccco2)cc1. The average Bonchev–Trinajstić information content (AvgIpc) is 3.30. The molecule has 1 heterocycles. The number of sulfonamides is 2. The number of nitro benzene ring substituents is 1. The van der Waals surface area contributed by atoms with E-state index in [1.54, 1.807) is 12.1 Å². The Kier molecular flexibility index (Phi) is 6.95. The van der Waals surface area contributed by atoms with E-state index < -0.39 is 25.0 Å². The largest absolute Gasteiger partial charge is 0.468 e. The molecule has 13 heteroatoms. The number of hydrogen-bond acceptors (Lipinski definition) is 8. The zero-order chi connectivity index (χ0) is 24.2. The molecule has 2 N–H and O–H groups in total. The van der Waals surface area contributed by atoms with Crippen molar-refractivity contribution < 1.29 is 26.2 Å². The molecule has 0 aliphatic heterocycles. The van der Waals surface area contributed by atoms with E-state index in [4.69, 9.17) is 4.42 Å². The van der Waals surface area contributed by atoms with Crippen molar-refractivity contribution >= 4 is 31.4 Å². The molecule has 0 aliphatic rings. The molecule has 0 amide bonds.